The van der Waals surface area contributed by atoms with E-state index in [1.165, 1.54) is 28.0 Å². The number of hydrogen-bond donors (Lipinski definition) is 1. The highest BCUT2D eigenvalue weighted by molar-refractivity contribution is 7.20. The number of aryl methyl sites for hydroxylation is 3. The minimum atomic E-state index is -0.0168. The first-order valence-electron chi connectivity index (χ1n) is 9.86. The molecule has 2 aromatic heterocycles. The van der Waals surface area contributed by atoms with Crippen molar-refractivity contribution in [3.63, 3.8) is 0 Å². The summed E-state index contributed by atoms with van der Waals surface area (Å²) in [4.78, 5) is 17.4. The Morgan fingerprint density at radius 3 is 2.80 bits per heavy atom. The lowest BCUT2D eigenvalue weighted by Crippen LogP contribution is -2.25. The molecule has 0 aliphatic carbocycles. The van der Waals surface area contributed by atoms with Crippen molar-refractivity contribution in [3.8, 4) is 10.9 Å². The second kappa shape index (κ2) is 6.95. The van der Waals surface area contributed by atoms with Gasteiger partial charge in [0.05, 0.1) is 23.0 Å². The van der Waals surface area contributed by atoms with Crippen molar-refractivity contribution in [1.82, 2.24) is 14.8 Å². The first kappa shape index (κ1) is 18.8. The van der Waals surface area contributed by atoms with Gasteiger partial charge in [-0.15, -0.1) is 0 Å². The Kier molecular flexibility index (Phi) is 4.36. The molecule has 7 heteroatoms. The third-order valence-corrected chi connectivity index (χ3v) is 6.67. The number of aromatic nitrogens is 3. The average Bonchev–Trinajstić information content (AvgIpc) is 3.29. The molecule has 5 rings (SSSR count). The maximum Gasteiger partial charge on any atom is 0.226 e. The van der Waals surface area contributed by atoms with Gasteiger partial charge in [-0.3, -0.25) is 4.79 Å². The Morgan fingerprint density at radius 2 is 2.00 bits per heavy atom. The number of anilines is 1. The summed E-state index contributed by atoms with van der Waals surface area (Å²) in [6.07, 6.45) is 0.418. The predicted octanol–water partition coefficient (Wildman–Crippen LogP) is 4.89. The number of fused-ring (bicyclic) bond motifs is 2. The normalized spacial score (nSPS) is 15.9. The highest BCUT2D eigenvalue weighted by Crippen LogP contribution is 2.42. The number of amides is 1. The zero-order valence-electron chi connectivity index (χ0n) is 17.3. The summed E-state index contributed by atoms with van der Waals surface area (Å²) in [5.74, 6) is 1.49. The van der Waals surface area contributed by atoms with Crippen LogP contribution in [-0.2, 0) is 4.79 Å². The van der Waals surface area contributed by atoms with Crippen molar-refractivity contribution in [2.45, 2.75) is 33.1 Å². The van der Waals surface area contributed by atoms with Crippen molar-refractivity contribution in [1.29, 1.82) is 0 Å². The number of ether oxygens (including phenoxy) is 1. The number of benzene rings is 2. The van der Waals surface area contributed by atoms with Crippen LogP contribution in [0.5, 0.6) is 5.75 Å². The van der Waals surface area contributed by atoms with Crippen LogP contribution in [0.2, 0.25) is 0 Å². The standard InChI is InChI=1S/C23H22N4O2S/c1-12-5-6-13(2)16(9-12)17-11-20(28)25-22-21(17)14(3)26-27(22)23-24-18-8-7-15(29-4)10-19(18)30-23/h5-10,17H,11H2,1-4H3,(H,25,28)/t17-/m1/s1. The van der Waals surface area contributed by atoms with Crippen LogP contribution in [0.4, 0.5) is 5.82 Å². The maximum atomic E-state index is 12.7. The Hall–Kier alpha value is -3.19. The van der Waals surface area contributed by atoms with Gasteiger partial charge in [0.1, 0.15) is 11.6 Å². The van der Waals surface area contributed by atoms with Crippen LogP contribution in [0.1, 0.15) is 40.3 Å². The molecule has 2 aromatic carbocycles. The van der Waals surface area contributed by atoms with Gasteiger partial charge in [-0.2, -0.15) is 9.78 Å². The molecule has 1 amide bonds. The van der Waals surface area contributed by atoms with Gasteiger partial charge in [-0.25, -0.2) is 4.98 Å². The van der Waals surface area contributed by atoms with E-state index in [1.807, 2.05) is 25.1 Å². The van der Waals surface area contributed by atoms with Gasteiger partial charge >= 0.3 is 0 Å². The van der Waals surface area contributed by atoms with Gasteiger partial charge in [0.2, 0.25) is 11.0 Å². The lowest BCUT2D eigenvalue weighted by molar-refractivity contribution is -0.116. The quantitative estimate of drug-likeness (QED) is 0.514. The van der Waals surface area contributed by atoms with Crippen LogP contribution in [0.3, 0.4) is 0 Å². The van der Waals surface area contributed by atoms with Gasteiger partial charge in [0.15, 0.2) is 0 Å². The molecule has 0 bridgehead atoms. The van der Waals surface area contributed by atoms with Crippen LogP contribution < -0.4 is 10.1 Å². The average molecular weight is 419 g/mol. The van der Waals surface area contributed by atoms with Gasteiger partial charge in [0, 0.05) is 17.9 Å². The summed E-state index contributed by atoms with van der Waals surface area (Å²) >= 11 is 1.53. The van der Waals surface area contributed by atoms with Crippen molar-refractivity contribution in [2.75, 3.05) is 12.4 Å². The fourth-order valence-electron chi connectivity index (χ4n) is 4.20. The summed E-state index contributed by atoms with van der Waals surface area (Å²) in [6, 6.07) is 12.2. The molecule has 152 valence electrons. The topological polar surface area (TPSA) is 69.0 Å². The molecule has 30 heavy (non-hydrogen) atoms. The van der Waals surface area contributed by atoms with E-state index in [-0.39, 0.29) is 11.8 Å². The minimum Gasteiger partial charge on any atom is -0.497 e. The van der Waals surface area contributed by atoms with Crippen LogP contribution in [0, 0.1) is 20.8 Å². The van der Waals surface area contributed by atoms with Crippen LogP contribution in [0.25, 0.3) is 15.3 Å². The third-order valence-electron chi connectivity index (χ3n) is 5.68. The second-order valence-corrected chi connectivity index (χ2v) is 8.76. The molecule has 0 radical (unpaired) electrons. The number of hydrogen-bond acceptors (Lipinski definition) is 5. The summed E-state index contributed by atoms with van der Waals surface area (Å²) < 4.78 is 8.12. The fraction of sp³-hybridized carbons (Fsp3) is 0.261. The molecule has 4 aromatic rings. The van der Waals surface area contributed by atoms with E-state index in [4.69, 9.17) is 14.8 Å². The smallest absolute Gasteiger partial charge is 0.226 e. The van der Waals surface area contributed by atoms with E-state index in [0.29, 0.717) is 6.42 Å². The molecule has 1 atom stereocenters. The summed E-state index contributed by atoms with van der Waals surface area (Å²) in [5, 5.41) is 8.56. The van der Waals surface area contributed by atoms with E-state index < -0.39 is 0 Å². The zero-order valence-corrected chi connectivity index (χ0v) is 18.1. The van der Waals surface area contributed by atoms with Crippen molar-refractivity contribution in [3.05, 3.63) is 64.3 Å². The van der Waals surface area contributed by atoms with E-state index in [0.717, 1.165) is 38.2 Å². The Morgan fingerprint density at radius 1 is 1.17 bits per heavy atom. The summed E-state index contributed by atoms with van der Waals surface area (Å²) in [7, 11) is 1.65. The fourth-order valence-corrected chi connectivity index (χ4v) is 5.15. The number of nitrogens with one attached hydrogen (secondary N) is 1. The summed E-state index contributed by atoms with van der Waals surface area (Å²) in [6.45, 7) is 6.18. The molecule has 0 unspecified atom stereocenters. The number of thiazole rings is 1. The SMILES string of the molecule is COc1ccc2nc(-n3nc(C)c4c3NC(=O)C[C@@H]4c3cc(C)ccc3C)sc2c1. The second-order valence-electron chi connectivity index (χ2n) is 7.75. The van der Waals surface area contributed by atoms with Crippen LogP contribution in [0.15, 0.2) is 36.4 Å². The number of nitrogens with zero attached hydrogens (tertiary/aromatic N) is 3. The van der Waals surface area contributed by atoms with Crippen LogP contribution in [-0.4, -0.2) is 27.8 Å². The van der Waals surface area contributed by atoms with E-state index in [2.05, 4.69) is 37.4 Å². The first-order chi connectivity index (χ1) is 14.4. The van der Waals surface area contributed by atoms with Gasteiger partial charge < -0.3 is 10.1 Å². The molecule has 0 spiro atoms. The largest absolute Gasteiger partial charge is 0.497 e. The number of carbonyl (C=O) groups excluding carboxylic acids is 1. The number of carbonyl (C=O) groups is 1. The molecule has 6 nitrogen and oxygen atoms in total. The third kappa shape index (κ3) is 2.97. The van der Waals surface area contributed by atoms with Gasteiger partial charge in [-0.05, 0) is 50.1 Å². The Bertz CT molecular complexity index is 1300. The van der Waals surface area contributed by atoms with Crippen LogP contribution >= 0.6 is 11.3 Å². The van der Waals surface area contributed by atoms with Gasteiger partial charge in [0.25, 0.3) is 0 Å². The molecule has 3 heterocycles. The molecular formula is C23H22N4O2S. The Balaban J connectivity index is 1.67. The minimum absolute atomic E-state index is 0.00247. The molecule has 0 saturated carbocycles. The molecular weight excluding hydrogens is 396 g/mol. The molecule has 0 saturated heterocycles. The zero-order chi connectivity index (χ0) is 21.0. The first-order valence-corrected chi connectivity index (χ1v) is 10.7. The lowest BCUT2D eigenvalue weighted by atomic mass is 9.83. The van der Waals surface area contributed by atoms with E-state index in [1.54, 1.807) is 11.8 Å². The predicted molar refractivity (Wildman–Crippen MR) is 119 cm³/mol. The van der Waals surface area contributed by atoms with E-state index in [9.17, 15) is 4.79 Å². The number of rotatable bonds is 3. The number of methoxy groups -OCH3 is 1. The van der Waals surface area contributed by atoms with Crippen molar-refractivity contribution in [2.24, 2.45) is 0 Å². The maximum absolute atomic E-state index is 12.7. The highest BCUT2D eigenvalue weighted by Gasteiger charge is 2.34. The Labute approximate surface area is 178 Å². The van der Waals surface area contributed by atoms with Gasteiger partial charge in [-0.1, -0.05) is 35.1 Å². The van der Waals surface area contributed by atoms with E-state index >= 15 is 0 Å². The lowest BCUT2D eigenvalue weighted by Gasteiger charge is -2.25. The summed E-state index contributed by atoms with van der Waals surface area (Å²) in [5.41, 5.74) is 6.42. The monoisotopic (exact) mass is 418 g/mol. The highest BCUT2D eigenvalue weighted by atomic mass is 32.1. The van der Waals surface area contributed by atoms with Crippen molar-refractivity contribution >= 4 is 33.3 Å². The molecule has 1 aliphatic rings. The molecule has 1 aliphatic heterocycles. The van der Waals surface area contributed by atoms with Crippen molar-refractivity contribution < 1.29 is 9.53 Å². The molecule has 0 fully saturated rings. The molecule has 1 N–H and O–H groups in total.